The van der Waals surface area contributed by atoms with Gasteiger partial charge >= 0.3 is 0 Å². The first-order valence-electron chi connectivity index (χ1n) is 12.5. The van der Waals surface area contributed by atoms with Gasteiger partial charge in [0.25, 0.3) is 5.92 Å². The highest BCUT2D eigenvalue weighted by molar-refractivity contribution is 6.00. The molecule has 1 unspecified atom stereocenters. The van der Waals surface area contributed by atoms with E-state index in [4.69, 9.17) is 9.47 Å². The van der Waals surface area contributed by atoms with E-state index >= 15 is 0 Å². The van der Waals surface area contributed by atoms with Crippen LogP contribution in [0.1, 0.15) is 37.7 Å². The third-order valence-corrected chi connectivity index (χ3v) is 7.54. The number of halogens is 2. The average molecular weight is 485 g/mol. The number of nitrogens with one attached hydrogen (secondary N) is 1. The van der Waals surface area contributed by atoms with Gasteiger partial charge in [0.2, 0.25) is 5.91 Å². The van der Waals surface area contributed by atoms with Crippen LogP contribution in [-0.4, -0.2) is 55.3 Å². The standard InChI is InChI=1S/C26H30F2N4O3/c27-26(28)15-23(26)35-20-6-3-17(4-7-20)25(33)32-16-18-2-1-9-29-24(18)30-21-8-5-19(14-22(21)32)31-10-12-34-13-11-31/h1-2,5,8-9,14,17,20,23H,3-4,6-7,10-13,15-16H2,(H,29,30)/t17-,20+,23?. The summed E-state index contributed by atoms with van der Waals surface area (Å²) in [6.45, 7) is 3.42. The van der Waals surface area contributed by atoms with Crippen LogP contribution in [0, 0.1) is 5.92 Å². The number of hydrogen-bond acceptors (Lipinski definition) is 6. The highest BCUT2D eigenvalue weighted by atomic mass is 19.3. The number of morpholine rings is 1. The number of rotatable bonds is 4. The van der Waals surface area contributed by atoms with Crippen LogP contribution < -0.4 is 15.1 Å². The van der Waals surface area contributed by atoms with Crippen molar-refractivity contribution >= 4 is 28.8 Å². The summed E-state index contributed by atoms with van der Waals surface area (Å²) < 4.78 is 37.6. The van der Waals surface area contributed by atoms with E-state index in [0.29, 0.717) is 45.4 Å². The number of fused-ring (bicyclic) bond motifs is 2. The largest absolute Gasteiger partial charge is 0.378 e. The molecule has 2 aromatic rings. The zero-order valence-electron chi connectivity index (χ0n) is 19.6. The summed E-state index contributed by atoms with van der Waals surface area (Å²) in [5.74, 6) is -2.01. The van der Waals surface area contributed by atoms with E-state index < -0.39 is 12.0 Å². The first kappa shape index (κ1) is 22.7. The van der Waals surface area contributed by atoms with Gasteiger partial charge in [0.15, 0.2) is 0 Å². The molecule has 6 rings (SSSR count). The van der Waals surface area contributed by atoms with Gasteiger partial charge in [-0.3, -0.25) is 4.79 Å². The number of benzene rings is 1. The van der Waals surface area contributed by atoms with Crippen molar-refractivity contribution < 1.29 is 23.0 Å². The van der Waals surface area contributed by atoms with Crippen LogP contribution in [0.4, 0.5) is 31.7 Å². The third kappa shape index (κ3) is 4.59. The molecule has 1 aromatic carbocycles. The van der Waals surface area contributed by atoms with Crippen LogP contribution in [0.2, 0.25) is 0 Å². The summed E-state index contributed by atoms with van der Waals surface area (Å²) in [7, 11) is 0. The Kier molecular flexibility index (Phi) is 5.84. The molecular formula is C26H30F2N4O3. The molecule has 4 aliphatic rings. The van der Waals surface area contributed by atoms with E-state index in [0.717, 1.165) is 41.5 Å². The van der Waals surface area contributed by atoms with Crippen molar-refractivity contribution in [3.8, 4) is 0 Å². The van der Waals surface area contributed by atoms with E-state index in [1.54, 1.807) is 6.20 Å². The third-order valence-electron chi connectivity index (χ3n) is 7.54. The second-order valence-electron chi connectivity index (χ2n) is 9.92. The molecule has 0 radical (unpaired) electrons. The molecule has 2 saturated carbocycles. The summed E-state index contributed by atoms with van der Waals surface area (Å²) in [6, 6.07) is 10.1. The highest BCUT2D eigenvalue weighted by Crippen LogP contribution is 2.46. The second-order valence-corrected chi connectivity index (χ2v) is 9.92. The topological polar surface area (TPSA) is 66.9 Å². The van der Waals surface area contributed by atoms with Crippen LogP contribution in [0.5, 0.6) is 0 Å². The number of nitrogens with zero attached hydrogens (tertiary/aromatic N) is 3. The Hall–Kier alpha value is -2.78. The van der Waals surface area contributed by atoms with Crippen LogP contribution in [0.25, 0.3) is 0 Å². The number of anilines is 4. The molecule has 2 aliphatic carbocycles. The average Bonchev–Trinajstić information content (AvgIpc) is 3.53. The predicted octanol–water partition coefficient (Wildman–Crippen LogP) is 4.49. The van der Waals surface area contributed by atoms with Crippen molar-refractivity contribution in [2.75, 3.05) is 41.4 Å². The molecule has 9 heteroatoms. The summed E-state index contributed by atoms with van der Waals surface area (Å²) in [5.41, 5.74) is 3.71. The molecule has 7 nitrogen and oxygen atoms in total. The Labute approximate surface area is 203 Å². The number of aromatic nitrogens is 1. The Bertz CT molecular complexity index is 1100. The minimum Gasteiger partial charge on any atom is -0.378 e. The number of carbonyl (C=O) groups excluding carboxylic acids is 1. The summed E-state index contributed by atoms with van der Waals surface area (Å²) in [6.07, 6.45) is 2.99. The SMILES string of the molecule is O=C([C@H]1CC[C@@H](OC2CC2(F)F)CC1)N1Cc2cccnc2Nc2ccc(N3CCOCC3)cc21. The van der Waals surface area contributed by atoms with Crippen LogP contribution in [0.3, 0.4) is 0 Å². The fourth-order valence-corrected chi connectivity index (χ4v) is 5.36. The maximum atomic E-state index is 13.9. The lowest BCUT2D eigenvalue weighted by molar-refractivity contribution is -0.125. The van der Waals surface area contributed by atoms with Crippen molar-refractivity contribution in [3.05, 3.63) is 42.1 Å². The van der Waals surface area contributed by atoms with Crippen molar-refractivity contribution in [2.45, 2.75) is 56.8 Å². The van der Waals surface area contributed by atoms with Gasteiger partial charge in [0.05, 0.1) is 37.2 Å². The number of alkyl halides is 2. The summed E-state index contributed by atoms with van der Waals surface area (Å²) in [5, 5.41) is 3.42. The highest BCUT2D eigenvalue weighted by Gasteiger charge is 2.59. The lowest BCUT2D eigenvalue weighted by Gasteiger charge is -2.33. The van der Waals surface area contributed by atoms with Crippen molar-refractivity contribution in [1.29, 1.82) is 0 Å². The Balaban J connectivity index is 1.24. The van der Waals surface area contributed by atoms with Crippen LogP contribution in [0.15, 0.2) is 36.5 Å². The van der Waals surface area contributed by atoms with Crippen LogP contribution in [-0.2, 0) is 20.8 Å². The van der Waals surface area contributed by atoms with Gasteiger partial charge in [-0.2, -0.15) is 0 Å². The first-order valence-corrected chi connectivity index (χ1v) is 12.5. The van der Waals surface area contributed by atoms with Crippen LogP contribution >= 0.6 is 0 Å². The van der Waals surface area contributed by atoms with E-state index in [9.17, 15) is 13.6 Å². The van der Waals surface area contributed by atoms with Gasteiger partial charge in [0.1, 0.15) is 11.9 Å². The molecule has 1 amide bonds. The number of pyridine rings is 1. The maximum absolute atomic E-state index is 13.9. The predicted molar refractivity (Wildman–Crippen MR) is 128 cm³/mol. The number of hydrogen-bond donors (Lipinski definition) is 1. The van der Waals surface area contributed by atoms with E-state index in [1.165, 1.54) is 0 Å². The number of ether oxygens (including phenoxy) is 2. The molecule has 0 spiro atoms. The molecule has 3 fully saturated rings. The van der Waals surface area contributed by atoms with Gasteiger partial charge in [-0.25, -0.2) is 13.8 Å². The quantitative estimate of drug-likeness (QED) is 0.690. The Morgan fingerprint density at radius 2 is 1.91 bits per heavy atom. The minimum absolute atomic E-state index is 0.0686. The lowest BCUT2D eigenvalue weighted by atomic mass is 9.86. The molecule has 186 valence electrons. The maximum Gasteiger partial charge on any atom is 0.276 e. The second kappa shape index (κ2) is 9.02. The van der Waals surface area contributed by atoms with E-state index in [-0.39, 0.29) is 24.3 Å². The summed E-state index contributed by atoms with van der Waals surface area (Å²) in [4.78, 5) is 22.5. The first-order chi connectivity index (χ1) is 17.0. The van der Waals surface area contributed by atoms with Crippen molar-refractivity contribution in [1.82, 2.24) is 4.98 Å². The van der Waals surface area contributed by atoms with Gasteiger partial charge in [-0.15, -0.1) is 0 Å². The molecule has 1 N–H and O–H groups in total. The summed E-state index contributed by atoms with van der Waals surface area (Å²) >= 11 is 0. The number of carbonyl (C=O) groups is 1. The molecule has 1 saturated heterocycles. The smallest absolute Gasteiger partial charge is 0.276 e. The molecule has 0 bridgehead atoms. The van der Waals surface area contributed by atoms with Gasteiger partial charge in [-0.05, 0) is 49.9 Å². The van der Waals surface area contributed by atoms with Gasteiger partial charge in [0, 0.05) is 42.9 Å². The van der Waals surface area contributed by atoms with Crippen molar-refractivity contribution in [2.24, 2.45) is 5.92 Å². The normalized spacial score (nSPS) is 27.3. The minimum atomic E-state index is -2.67. The Morgan fingerprint density at radius 1 is 1.14 bits per heavy atom. The number of amides is 1. The molecular weight excluding hydrogens is 454 g/mol. The molecule has 3 heterocycles. The Morgan fingerprint density at radius 3 is 2.66 bits per heavy atom. The molecule has 1 aromatic heterocycles. The lowest BCUT2D eigenvalue weighted by Crippen LogP contribution is -2.39. The zero-order valence-corrected chi connectivity index (χ0v) is 19.6. The van der Waals surface area contributed by atoms with E-state index in [2.05, 4.69) is 27.3 Å². The van der Waals surface area contributed by atoms with Gasteiger partial charge in [-0.1, -0.05) is 6.07 Å². The van der Waals surface area contributed by atoms with Crippen molar-refractivity contribution in [3.63, 3.8) is 0 Å². The fourth-order valence-electron chi connectivity index (χ4n) is 5.36. The fraction of sp³-hybridized carbons (Fsp3) is 0.538. The van der Waals surface area contributed by atoms with Gasteiger partial charge < -0.3 is 24.6 Å². The molecule has 2 aliphatic heterocycles. The molecule has 35 heavy (non-hydrogen) atoms. The van der Waals surface area contributed by atoms with E-state index in [1.807, 2.05) is 23.1 Å². The zero-order chi connectivity index (χ0) is 24.0. The monoisotopic (exact) mass is 484 g/mol. The molecule has 1 atom stereocenters.